The van der Waals surface area contributed by atoms with E-state index in [1.807, 2.05) is 0 Å². The van der Waals surface area contributed by atoms with Crippen LogP contribution >= 0.6 is 0 Å². The van der Waals surface area contributed by atoms with Crippen LogP contribution in [-0.4, -0.2) is 24.3 Å². The number of hydrogen-bond acceptors (Lipinski definition) is 3. The minimum Gasteiger partial charge on any atom is -0.460 e. The maximum atomic E-state index is 11.3. The summed E-state index contributed by atoms with van der Waals surface area (Å²) in [5.41, 5.74) is 0. The molecule has 0 aromatic carbocycles. The van der Waals surface area contributed by atoms with Gasteiger partial charge in [-0.3, -0.25) is 4.79 Å². The third-order valence-corrected chi connectivity index (χ3v) is 4.08. The molecule has 0 amide bonds. The predicted molar refractivity (Wildman–Crippen MR) is 70.4 cm³/mol. The normalized spacial score (nSPS) is 32.5. The molecule has 0 aliphatic carbocycles. The fraction of sp³-hybridized carbons (Fsp3) is 0.933. The zero-order chi connectivity index (χ0) is 12.8. The van der Waals surface area contributed by atoms with Crippen LogP contribution in [0.2, 0.25) is 0 Å². The van der Waals surface area contributed by atoms with E-state index in [9.17, 15) is 4.79 Å². The molecule has 0 spiro atoms. The van der Waals surface area contributed by atoms with Crippen LogP contribution in [-0.2, 0) is 14.3 Å². The summed E-state index contributed by atoms with van der Waals surface area (Å²) >= 11 is 0. The highest BCUT2D eigenvalue weighted by Gasteiger charge is 2.37. The molecule has 0 aromatic heterocycles. The van der Waals surface area contributed by atoms with E-state index >= 15 is 0 Å². The average molecular weight is 254 g/mol. The average Bonchev–Trinajstić information content (AvgIpc) is 2.66. The lowest BCUT2D eigenvalue weighted by Gasteiger charge is -2.27. The van der Waals surface area contributed by atoms with E-state index < -0.39 is 0 Å². The van der Waals surface area contributed by atoms with Crippen LogP contribution < -0.4 is 0 Å². The van der Waals surface area contributed by atoms with E-state index in [1.165, 1.54) is 38.5 Å². The third kappa shape index (κ3) is 3.98. The number of carbonyl (C=O) groups excluding carboxylic acids is 1. The highest BCUT2D eigenvalue weighted by molar-refractivity contribution is 5.72. The maximum Gasteiger partial charge on any atom is 0.308 e. The van der Waals surface area contributed by atoms with Crippen molar-refractivity contribution in [2.45, 2.75) is 89.4 Å². The van der Waals surface area contributed by atoms with Crippen LogP contribution in [0.25, 0.3) is 0 Å². The number of unbranched alkanes of at least 4 members (excludes halogenated alkanes) is 3. The van der Waals surface area contributed by atoms with Gasteiger partial charge in [0.1, 0.15) is 12.2 Å². The van der Waals surface area contributed by atoms with Crippen LogP contribution in [0.1, 0.15) is 71.1 Å². The van der Waals surface area contributed by atoms with Crippen LogP contribution in [0.15, 0.2) is 0 Å². The zero-order valence-electron chi connectivity index (χ0n) is 11.5. The van der Waals surface area contributed by atoms with Crippen molar-refractivity contribution in [3.8, 4) is 0 Å². The lowest BCUT2D eigenvalue weighted by Crippen LogP contribution is -2.31. The van der Waals surface area contributed by atoms with E-state index in [-0.39, 0.29) is 18.2 Å². The summed E-state index contributed by atoms with van der Waals surface area (Å²) in [6, 6.07) is 0. The van der Waals surface area contributed by atoms with E-state index in [4.69, 9.17) is 9.47 Å². The van der Waals surface area contributed by atoms with E-state index in [0.29, 0.717) is 12.5 Å². The van der Waals surface area contributed by atoms with Crippen LogP contribution in [0, 0.1) is 0 Å². The summed E-state index contributed by atoms with van der Waals surface area (Å²) in [7, 11) is 0. The molecule has 2 rings (SSSR count). The Bertz CT molecular complexity index is 264. The largest absolute Gasteiger partial charge is 0.460 e. The van der Waals surface area contributed by atoms with Gasteiger partial charge in [0.2, 0.25) is 0 Å². The predicted octanol–water partition coefficient (Wildman–Crippen LogP) is 3.60. The second kappa shape index (κ2) is 7.13. The quantitative estimate of drug-likeness (QED) is 0.555. The van der Waals surface area contributed by atoms with Gasteiger partial charge in [0.25, 0.3) is 0 Å². The smallest absolute Gasteiger partial charge is 0.308 e. The molecular weight excluding hydrogens is 228 g/mol. The molecule has 18 heavy (non-hydrogen) atoms. The molecule has 3 nitrogen and oxygen atoms in total. The van der Waals surface area contributed by atoms with Gasteiger partial charge in [0.05, 0.1) is 12.5 Å². The second-order valence-corrected chi connectivity index (χ2v) is 5.66. The summed E-state index contributed by atoms with van der Waals surface area (Å²) in [6.45, 7) is 2.23. The molecule has 2 heterocycles. The van der Waals surface area contributed by atoms with E-state index in [1.54, 1.807) is 0 Å². The first-order chi connectivity index (χ1) is 8.79. The van der Waals surface area contributed by atoms with Crippen LogP contribution in [0.5, 0.6) is 0 Å². The molecule has 104 valence electrons. The molecule has 3 heteroatoms. The summed E-state index contributed by atoms with van der Waals surface area (Å²) in [5, 5.41) is 0. The summed E-state index contributed by atoms with van der Waals surface area (Å²) in [5.74, 6) is -0.0726. The fourth-order valence-electron chi connectivity index (χ4n) is 3.01. The van der Waals surface area contributed by atoms with Crippen molar-refractivity contribution in [3.05, 3.63) is 0 Å². The Balaban J connectivity index is 1.78. The zero-order valence-corrected chi connectivity index (χ0v) is 11.5. The minimum atomic E-state index is -0.0726. The van der Waals surface area contributed by atoms with Gasteiger partial charge in [-0.25, -0.2) is 0 Å². The van der Waals surface area contributed by atoms with Gasteiger partial charge >= 0.3 is 5.97 Å². The molecule has 3 atom stereocenters. The van der Waals surface area contributed by atoms with E-state index in [2.05, 4.69) is 6.92 Å². The van der Waals surface area contributed by atoms with Crippen LogP contribution in [0.4, 0.5) is 0 Å². The van der Waals surface area contributed by atoms with Gasteiger partial charge in [-0.15, -0.1) is 0 Å². The lowest BCUT2D eigenvalue weighted by molar-refractivity contribution is -0.142. The Morgan fingerprint density at radius 3 is 2.78 bits per heavy atom. The molecule has 0 saturated carbocycles. The Morgan fingerprint density at radius 2 is 1.94 bits per heavy atom. The summed E-state index contributed by atoms with van der Waals surface area (Å²) in [4.78, 5) is 11.3. The van der Waals surface area contributed by atoms with Crippen molar-refractivity contribution in [2.24, 2.45) is 0 Å². The molecule has 2 fully saturated rings. The summed E-state index contributed by atoms with van der Waals surface area (Å²) in [6.07, 6.45) is 11.7. The number of esters is 1. The molecule has 0 radical (unpaired) electrons. The third-order valence-electron chi connectivity index (χ3n) is 4.08. The Kier molecular flexibility index (Phi) is 5.48. The first-order valence-electron chi connectivity index (χ1n) is 7.64. The highest BCUT2D eigenvalue weighted by atomic mass is 16.6. The van der Waals surface area contributed by atoms with Crippen molar-refractivity contribution in [1.29, 1.82) is 0 Å². The number of fused-ring (bicyclic) bond motifs is 1. The summed E-state index contributed by atoms with van der Waals surface area (Å²) < 4.78 is 11.4. The Hall–Kier alpha value is -0.570. The molecule has 0 N–H and O–H groups in total. The van der Waals surface area contributed by atoms with Gasteiger partial charge in [-0.1, -0.05) is 39.0 Å². The monoisotopic (exact) mass is 254 g/mol. The van der Waals surface area contributed by atoms with Gasteiger partial charge < -0.3 is 9.47 Å². The Labute approximate surface area is 110 Å². The first kappa shape index (κ1) is 13.9. The topological polar surface area (TPSA) is 35.5 Å². The SMILES string of the molecule is CCCCCC[C@H]1CCCC[C@@H]2OC(=O)C[C@@H]2O1. The number of hydrogen-bond donors (Lipinski definition) is 0. The van der Waals surface area contributed by atoms with Gasteiger partial charge in [0, 0.05) is 0 Å². The molecule has 2 aliphatic heterocycles. The second-order valence-electron chi connectivity index (χ2n) is 5.66. The van der Waals surface area contributed by atoms with Crippen molar-refractivity contribution in [2.75, 3.05) is 0 Å². The highest BCUT2D eigenvalue weighted by Crippen LogP contribution is 2.29. The molecule has 2 aliphatic rings. The molecule has 0 unspecified atom stereocenters. The molecule has 2 saturated heterocycles. The van der Waals surface area contributed by atoms with Crippen LogP contribution in [0.3, 0.4) is 0 Å². The van der Waals surface area contributed by atoms with Crippen molar-refractivity contribution >= 4 is 5.97 Å². The molecular formula is C15H26O3. The van der Waals surface area contributed by atoms with Gasteiger partial charge in [-0.05, 0) is 25.7 Å². The van der Waals surface area contributed by atoms with Crippen molar-refractivity contribution in [3.63, 3.8) is 0 Å². The van der Waals surface area contributed by atoms with Crippen molar-refractivity contribution < 1.29 is 14.3 Å². The van der Waals surface area contributed by atoms with Crippen molar-refractivity contribution in [1.82, 2.24) is 0 Å². The minimum absolute atomic E-state index is 0.0361. The maximum absolute atomic E-state index is 11.3. The van der Waals surface area contributed by atoms with Gasteiger partial charge in [0.15, 0.2) is 0 Å². The standard InChI is InChI=1S/C15H26O3/c1-2-3-4-5-8-12-9-6-7-10-13-14(17-12)11-15(16)18-13/h12-14H,2-11H2,1H3/t12-,13-,14-/m0/s1. The first-order valence-corrected chi connectivity index (χ1v) is 7.64. The fourth-order valence-corrected chi connectivity index (χ4v) is 3.01. The lowest BCUT2D eigenvalue weighted by atomic mass is 9.98. The molecule has 0 aromatic rings. The molecule has 0 bridgehead atoms. The van der Waals surface area contributed by atoms with Gasteiger partial charge in [-0.2, -0.15) is 0 Å². The number of carbonyl (C=O) groups is 1. The number of rotatable bonds is 5. The van der Waals surface area contributed by atoms with E-state index in [0.717, 1.165) is 19.3 Å². The Morgan fingerprint density at radius 1 is 1.11 bits per heavy atom. The number of ether oxygens (including phenoxy) is 2.